The summed E-state index contributed by atoms with van der Waals surface area (Å²) in [5, 5.41) is 8.85. The molecule has 0 aliphatic carbocycles. The zero-order valence-electron chi connectivity index (χ0n) is 6.46. The van der Waals surface area contributed by atoms with Crippen LogP contribution in [-0.4, -0.2) is 25.4 Å². The lowest BCUT2D eigenvalue weighted by atomic mass is 10.4. The van der Waals surface area contributed by atoms with Gasteiger partial charge in [-0.3, -0.25) is 0 Å². The van der Waals surface area contributed by atoms with Crippen molar-refractivity contribution in [3.05, 3.63) is 12.0 Å². The number of hydrogen-bond acceptors (Lipinski definition) is 3. The number of rotatable bonds is 5. The maximum atomic E-state index is 8.85. The average molecular weight is 146 g/mol. The summed E-state index contributed by atoms with van der Waals surface area (Å²) in [5.74, 6) is 0.260. The van der Waals surface area contributed by atoms with Gasteiger partial charge in [-0.05, 0) is 0 Å². The number of allylic oxidation sites excluding steroid dienone is 1. The molecule has 0 spiro atoms. The molecule has 0 radical (unpaired) electrons. The maximum Gasteiger partial charge on any atom is 0.126 e. The van der Waals surface area contributed by atoms with Crippen LogP contribution >= 0.6 is 0 Å². The minimum atomic E-state index is 0.260. The summed E-state index contributed by atoms with van der Waals surface area (Å²) >= 11 is 0. The van der Waals surface area contributed by atoms with E-state index in [0.717, 1.165) is 0 Å². The highest BCUT2D eigenvalue weighted by Crippen LogP contribution is 1.93. The minimum absolute atomic E-state index is 0.260. The Morgan fingerprint density at radius 1 is 1.50 bits per heavy atom. The van der Waals surface area contributed by atoms with Crippen molar-refractivity contribution in [3.63, 3.8) is 0 Å². The van der Waals surface area contributed by atoms with Crippen LogP contribution in [0.1, 0.15) is 13.3 Å². The van der Waals surface area contributed by atoms with Gasteiger partial charge in [0.1, 0.15) is 18.6 Å². The van der Waals surface area contributed by atoms with Gasteiger partial charge in [-0.25, -0.2) is 0 Å². The molecule has 0 aromatic rings. The van der Waals surface area contributed by atoms with Crippen molar-refractivity contribution in [2.75, 3.05) is 20.3 Å². The van der Waals surface area contributed by atoms with Gasteiger partial charge < -0.3 is 14.6 Å². The zero-order valence-corrected chi connectivity index (χ0v) is 6.46. The van der Waals surface area contributed by atoms with Gasteiger partial charge in [0.05, 0.1) is 6.61 Å². The van der Waals surface area contributed by atoms with Gasteiger partial charge in [0.2, 0.25) is 0 Å². The molecule has 0 unspecified atom stereocenters. The van der Waals surface area contributed by atoms with Gasteiger partial charge in [0.15, 0.2) is 0 Å². The summed E-state index contributed by atoms with van der Waals surface area (Å²) in [6, 6.07) is 0. The van der Waals surface area contributed by atoms with Crippen molar-refractivity contribution in [2.45, 2.75) is 13.3 Å². The second kappa shape index (κ2) is 6.42. The highest BCUT2D eigenvalue weighted by Gasteiger charge is 1.86. The van der Waals surface area contributed by atoms with E-state index in [-0.39, 0.29) is 5.76 Å². The number of aliphatic hydroxyl groups excluding tert-OH is 1. The van der Waals surface area contributed by atoms with Crippen molar-refractivity contribution in [3.8, 4) is 0 Å². The van der Waals surface area contributed by atoms with Gasteiger partial charge in [-0.15, -0.1) is 0 Å². The molecular formula is C7H14O3. The van der Waals surface area contributed by atoms with Crippen LogP contribution in [0, 0.1) is 0 Å². The Hall–Kier alpha value is -0.700. The van der Waals surface area contributed by atoms with E-state index in [1.807, 2.05) is 6.92 Å². The van der Waals surface area contributed by atoms with E-state index in [1.165, 1.54) is 6.26 Å². The van der Waals surface area contributed by atoms with Crippen molar-refractivity contribution >= 4 is 0 Å². The normalized spacial score (nSPS) is 11.6. The Balaban J connectivity index is 3.16. The van der Waals surface area contributed by atoms with E-state index >= 15 is 0 Å². The standard InChI is InChI=1S/C7H14O3/c1-3-7(8)6-10-5-4-9-2/h6,8H,3-5H2,1-2H3. The van der Waals surface area contributed by atoms with E-state index in [4.69, 9.17) is 14.6 Å². The van der Waals surface area contributed by atoms with Crippen LogP contribution < -0.4 is 0 Å². The smallest absolute Gasteiger partial charge is 0.126 e. The van der Waals surface area contributed by atoms with Gasteiger partial charge in [-0.2, -0.15) is 0 Å². The average Bonchev–Trinajstić information content (AvgIpc) is 1.98. The molecule has 0 aliphatic rings. The van der Waals surface area contributed by atoms with Gasteiger partial charge in [-0.1, -0.05) is 6.92 Å². The van der Waals surface area contributed by atoms with Crippen LogP contribution in [0.3, 0.4) is 0 Å². The first-order chi connectivity index (χ1) is 4.81. The van der Waals surface area contributed by atoms with Crippen molar-refractivity contribution in [1.29, 1.82) is 0 Å². The van der Waals surface area contributed by atoms with E-state index in [2.05, 4.69) is 0 Å². The fourth-order valence-electron chi connectivity index (χ4n) is 0.370. The third kappa shape index (κ3) is 5.44. The summed E-state index contributed by atoms with van der Waals surface area (Å²) in [7, 11) is 1.60. The Labute approximate surface area is 61.3 Å². The van der Waals surface area contributed by atoms with E-state index < -0.39 is 0 Å². The predicted octanol–water partition coefficient (Wildman–Crippen LogP) is 1.46. The topological polar surface area (TPSA) is 38.7 Å². The molecule has 0 aromatic heterocycles. The summed E-state index contributed by atoms with van der Waals surface area (Å²) in [5.41, 5.74) is 0. The lowest BCUT2D eigenvalue weighted by molar-refractivity contribution is 0.119. The first-order valence-corrected chi connectivity index (χ1v) is 3.29. The van der Waals surface area contributed by atoms with Crippen molar-refractivity contribution in [1.82, 2.24) is 0 Å². The molecule has 0 saturated heterocycles. The fourth-order valence-corrected chi connectivity index (χ4v) is 0.370. The van der Waals surface area contributed by atoms with E-state index in [0.29, 0.717) is 19.6 Å². The third-order valence-corrected chi connectivity index (χ3v) is 0.987. The molecule has 3 heteroatoms. The Kier molecular flexibility index (Phi) is 5.97. The molecule has 1 N–H and O–H groups in total. The van der Waals surface area contributed by atoms with Gasteiger partial charge >= 0.3 is 0 Å². The molecule has 3 nitrogen and oxygen atoms in total. The Morgan fingerprint density at radius 3 is 2.70 bits per heavy atom. The molecule has 60 valence electrons. The number of aliphatic hydroxyl groups is 1. The lowest BCUT2D eigenvalue weighted by Gasteiger charge is -1.99. The van der Waals surface area contributed by atoms with Crippen LogP contribution in [0.25, 0.3) is 0 Å². The summed E-state index contributed by atoms with van der Waals surface area (Å²) in [6.45, 7) is 2.89. The first-order valence-electron chi connectivity index (χ1n) is 3.29. The number of hydrogen-bond donors (Lipinski definition) is 1. The second-order valence-electron chi connectivity index (χ2n) is 1.83. The van der Waals surface area contributed by atoms with E-state index in [9.17, 15) is 0 Å². The molecule has 0 heterocycles. The van der Waals surface area contributed by atoms with Crippen LogP contribution in [0.5, 0.6) is 0 Å². The van der Waals surface area contributed by atoms with Crippen molar-refractivity contribution < 1.29 is 14.6 Å². The summed E-state index contributed by atoms with van der Waals surface area (Å²) in [4.78, 5) is 0. The van der Waals surface area contributed by atoms with E-state index in [1.54, 1.807) is 7.11 Å². The highest BCUT2D eigenvalue weighted by atomic mass is 16.5. The lowest BCUT2D eigenvalue weighted by Crippen LogP contribution is -1.97. The maximum absolute atomic E-state index is 8.85. The monoisotopic (exact) mass is 146 g/mol. The Bertz CT molecular complexity index is 99.0. The molecule has 0 rings (SSSR count). The molecule has 0 atom stereocenters. The van der Waals surface area contributed by atoms with Crippen LogP contribution in [0.2, 0.25) is 0 Å². The van der Waals surface area contributed by atoms with Crippen LogP contribution in [0.15, 0.2) is 12.0 Å². The Morgan fingerprint density at radius 2 is 2.20 bits per heavy atom. The zero-order chi connectivity index (χ0) is 7.82. The fraction of sp³-hybridized carbons (Fsp3) is 0.714. The van der Waals surface area contributed by atoms with Gasteiger partial charge in [0, 0.05) is 13.5 Å². The largest absolute Gasteiger partial charge is 0.509 e. The van der Waals surface area contributed by atoms with Crippen molar-refractivity contribution in [2.24, 2.45) is 0 Å². The summed E-state index contributed by atoms with van der Waals surface area (Å²) < 4.78 is 9.61. The first kappa shape index (κ1) is 9.30. The predicted molar refractivity (Wildman–Crippen MR) is 38.8 cm³/mol. The minimum Gasteiger partial charge on any atom is -0.509 e. The molecular weight excluding hydrogens is 132 g/mol. The van der Waals surface area contributed by atoms with Crippen LogP contribution in [0.4, 0.5) is 0 Å². The molecule has 0 fully saturated rings. The SMILES string of the molecule is CCC(O)=COCCOC. The van der Waals surface area contributed by atoms with Gasteiger partial charge in [0.25, 0.3) is 0 Å². The second-order valence-corrected chi connectivity index (χ2v) is 1.83. The summed E-state index contributed by atoms with van der Waals surface area (Å²) in [6.07, 6.45) is 1.95. The third-order valence-electron chi connectivity index (χ3n) is 0.987. The molecule has 0 bridgehead atoms. The van der Waals surface area contributed by atoms with Crippen LogP contribution in [-0.2, 0) is 9.47 Å². The number of ether oxygens (including phenoxy) is 2. The molecule has 0 aliphatic heterocycles. The highest BCUT2D eigenvalue weighted by molar-refractivity contribution is 4.81. The molecule has 0 amide bonds. The molecule has 0 aromatic carbocycles. The molecule has 0 saturated carbocycles. The molecule has 10 heavy (non-hydrogen) atoms. The quantitative estimate of drug-likeness (QED) is 0.471. The number of methoxy groups -OCH3 is 1.